The van der Waals surface area contributed by atoms with Gasteiger partial charge in [0.2, 0.25) is 0 Å². The Bertz CT molecular complexity index is 769. The molecule has 3 rings (SSSR count). The molecule has 1 N–H and O–H groups in total. The average molecular weight is 389 g/mol. The highest BCUT2D eigenvalue weighted by Crippen LogP contribution is 2.35. The second-order valence-electron chi connectivity index (χ2n) is 7.04. The first-order valence-corrected chi connectivity index (χ1v) is 10.3. The van der Waals surface area contributed by atoms with Gasteiger partial charge in [0.1, 0.15) is 5.75 Å². The molecule has 0 radical (unpaired) electrons. The minimum absolute atomic E-state index is 0.0624. The van der Waals surface area contributed by atoms with Crippen molar-refractivity contribution < 1.29 is 9.53 Å². The number of hydrogen-bond donors (Lipinski definition) is 1. The van der Waals surface area contributed by atoms with Gasteiger partial charge in [-0.3, -0.25) is 4.79 Å². The normalized spacial score (nSPS) is 14.0. The van der Waals surface area contributed by atoms with E-state index in [1.165, 1.54) is 12.8 Å². The van der Waals surface area contributed by atoms with E-state index >= 15 is 0 Å². The quantitative estimate of drug-likeness (QED) is 0.704. The molecular formula is C20H28N4O2S. The van der Waals surface area contributed by atoms with Crippen molar-refractivity contribution in [3.05, 3.63) is 29.1 Å². The summed E-state index contributed by atoms with van der Waals surface area (Å²) in [6.45, 7) is 3.75. The molecule has 27 heavy (non-hydrogen) atoms. The van der Waals surface area contributed by atoms with E-state index in [-0.39, 0.29) is 5.91 Å². The third kappa shape index (κ3) is 4.99. The van der Waals surface area contributed by atoms with Gasteiger partial charge in [0.25, 0.3) is 5.91 Å². The van der Waals surface area contributed by atoms with Gasteiger partial charge in [-0.15, -0.1) is 11.3 Å². The largest absolute Gasteiger partial charge is 0.496 e. The highest BCUT2D eigenvalue weighted by molar-refractivity contribution is 7.14. The maximum Gasteiger partial charge on any atom is 0.251 e. The highest BCUT2D eigenvalue weighted by Gasteiger charge is 2.18. The van der Waals surface area contributed by atoms with Gasteiger partial charge in [0, 0.05) is 36.1 Å². The second kappa shape index (κ2) is 9.19. The fraction of sp³-hybridized carbons (Fsp3) is 0.500. The number of thiazole rings is 1. The van der Waals surface area contributed by atoms with Crippen LogP contribution in [-0.2, 0) is 0 Å². The van der Waals surface area contributed by atoms with Crippen molar-refractivity contribution in [1.29, 1.82) is 0 Å². The van der Waals surface area contributed by atoms with E-state index in [1.807, 2.05) is 31.6 Å². The van der Waals surface area contributed by atoms with Gasteiger partial charge in [-0.25, -0.2) is 4.98 Å². The summed E-state index contributed by atoms with van der Waals surface area (Å²) in [5, 5.41) is 6.08. The Labute approximate surface area is 165 Å². The van der Waals surface area contributed by atoms with E-state index in [2.05, 4.69) is 15.1 Å². The lowest BCUT2D eigenvalue weighted by Crippen LogP contribution is -2.27. The lowest BCUT2D eigenvalue weighted by molar-refractivity contribution is 0.0952. The third-order valence-corrected chi connectivity index (χ3v) is 5.58. The topological polar surface area (TPSA) is 57.7 Å². The van der Waals surface area contributed by atoms with Crippen LogP contribution in [0, 0.1) is 0 Å². The van der Waals surface area contributed by atoms with Crippen LogP contribution in [0.2, 0.25) is 0 Å². The predicted molar refractivity (Wildman–Crippen MR) is 111 cm³/mol. The minimum Gasteiger partial charge on any atom is -0.496 e. The first-order chi connectivity index (χ1) is 13.1. The number of anilines is 1. The second-order valence-corrected chi connectivity index (χ2v) is 7.87. The number of hydrogen-bond acceptors (Lipinski definition) is 6. The molecule has 1 aliphatic heterocycles. The standard InChI is InChI=1S/C20H28N4O2S/c1-23(2)10-6-9-21-19(25)15-7-8-18(26-3)16(13-15)17-14-27-20(22-17)24-11-4-5-12-24/h7-8,13-14H,4-6,9-12H2,1-3H3,(H,21,25). The summed E-state index contributed by atoms with van der Waals surface area (Å²) in [5.41, 5.74) is 2.35. The van der Waals surface area contributed by atoms with Crippen LogP contribution in [0.5, 0.6) is 5.75 Å². The van der Waals surface area contributed by atoms with Crippen LogP contribution in [0.3, 0.4) is 0 Å². The Morgan fingerprint density at radius 2 is 2.11 bits per heavy atom. The number of nitrogens with one attached hydrogen (secondary N) is 1. The highest BCUT2D eigenvalue weighted by atomic mass is 32.1. The molecule has 1 saturated heterocycles. The molecule has 0 unspecified atom stereocenters. The maximum atomic E-state index is 12.5. The molecule has 1 aromatic heterocycles. The Balaban J connectivity index is 1.74. The molecule has 146 valence electrons. The zero-order valence-electron chi connectivity index (χ0n) is 16.3. The van der Waals surface area contributed by atoms with E-state index in [1.54, 1.807) is 24.5 Å². The molecule has 1 fully saturated rings. The molecule has 0 atom stereocenters. The van der Waals surface area contributed by atoms with Crippen molar-refractivity contribution in [3.63, 3.8) is 0 Å². The Kier molecular flexibility index (Phi) is 6.68. The number of benzene rings is 1. The molecule has 7 heteroatoms. The zero-order chi connectivity index (χ0) is 19.2. The molecule has 0 spiro atoms. The number of rotatable bonds is 8. The number of nitrogens with zero attached hydrogens (tertiary/aromatic N) is 3. The van der Waals surface area contributed by atoms with Crippen LogP contribution in [0.25, 0.3) is 11.3 Å². The van der Waals surface area contributed by atoms with Crippen molar-refractivity contribution in [2.75, 3.05) is 52.3 Å². The maximum absolute atomic E-state index is 12.5. The van der Waals surface area contributed by atoms with E-state index in [4.69, 9.17) is 9.72 Å². The number of carbonyl (C=O) groups is 1. The van der Waals surface area contributed by atoms with Crippen LogP contribution in [0.1, 0.15) is 29.6 Å². The van der Waals surface area contributed by atoms with Crippen LogP contribution >= 0.6 is 11.3 Å². The van der Waals surface area contributed by atoms with E-state index in [0.717, 1.165) is 48.2 Å². The summed E-state index contributed by atoms with van der Waals surface area (Å²) < 4.78 is 5.51. The minimum atomic E-state index is -0.0624. The summed E-state index contributed by atoms with van der Waals surface area (Å²) in [6.07, 6.45) is 3.37. The molecule has 0 bridgehead atoms. The number of amides is 1. The number of aromatic nitrogens is 1. The molecule has 2 aromatic rings. The molecule has 1 amide bonds. The van der Waals surface area contributed by atoms with Crippen molar-refractivity contribution in [1.82, 2.24) is 15.2 Å². The summed E-state index contributed by atoms with van der Waals surface area (Å²) >= 11 is 1.65. The van der Waals surface area contributed by atoms with Gasteiger partial charge in [0.05, 0.1) is 12.8 Å². The lowest BCUT2D eigenvalue weighted by Gasteiger charge is -2.13. The fourth-order valence-corrected chi connectivity index (χ4v) is 4.07. The van der Waals surface area contributed by atoms with Gasteiger partial charge >= 0.3 is 0 Å². The van der Waals surface area contributed by atoms with Crippen molar-refractivity contribution in [3.8, 4) is 17.0 Å². The molecular weight excluding hydrogens is 360 g/mol. The molecule has 6 nitrogen and oxygen atoms in total. The first-order valence-electron chi connectivity index (χ1n) is 9.40. The van der Waals surface area contributed by atoms with Gasteiger partial charge in [-0.1, -0.05) is 0 Å². The smallest absolute Gasteiger partial charge is 0.251 e. The van der Waals surface area contributed by atoms with Gasteiger partial charge < -0.3 is 19.9 Å². The van der Waals surface area contributed by atoms with Crippen molar-refractivity contribution in [2.24, 2.45) is 0 Å². The lowest BCUT2D eigenvalue weighted by atomic mass is 10.1. The van der Waals surface area contributed by atoms with Crippen molar-refractivity contribution in [2.45, 2.75) is 19.3 Å². The van der Waals surface area contributed by atoms with Crippen LogP contribution in [0.4, 0.5) is 5.13 Å². The van der Waals surface area contributed by atoms with Crippen LogP contribution < -0.4 is 15.0 Å². The molecule has 2 heterocycles. The summed E-state index contributed by atoms with van der Waals surface area (Å²) in [7, 11) is 5.71. The number of carbonyl (C=O) groups excluding carboxylic acids is 1. The Hall–Kier alpha value is -2.12. The SMILES string of the molecule is COc1ccc(C(=O)NCCCN(C)C)cc1-c1csc(N2CCCC2)n1. The first kappa shape index (κ1) is 19.6. The predicted octanol–water partition coefficient (Wildman–Crippen LogP) is 3.10. The van der Waals surface area contributed by atoms with Crippen LogP contribution in [-0.4, -0.2) is 63.2 Å². The summed E-state index contributed by atoms with van der Waals surface area (Å²) in [6, 6.07) is 5.53. The van der Waals surface area contributed by atoms with Crippen LogP contribution in [0.15, 0.2) is 23.6 Å². The number of methoxy groups -OCH3 is 1. The zero-order valence-corrected chi connectivity index (χ0v) is 17.1. The molecule has 1 aromatic carbocycles. The summed E-state index contributed by atoms with van der Waals surface area (Å²) in [4.78, 5) is 21.7. The van der Waals surface area contributed by atoms with Gasteiger partial charge in [-0.05, 0) is 58.1 Å². The Morgan fingerprint density at radius 1 is 1.33 bits per heavy atom. The molecule has 0 aliphatic carbocycles. The van der Waals surface area contributed by atoms with E-state index in [0.29, 0.717) is 12.1 Å². The van der Waals surface area contributed by atoms with Crippen molar-refractivity contribution >= 4 is 22.4 Å². The van der Waals surface area contributed by atoms with E-state index in [9.17, 15) is 4.79 Å². The van der Waals surface area contributed by atoms with Gasteiger partial charge in [-0.2, -0.15) is 0 Å². The molecule has 1 aliphatic rings. The monoisotopic (exact) mass is 388 g/mol. The van der Waals surface area contributed by atoms with E-state index < -0.39 is 0 Å². The van der Waals surface area contributed by atoms with Gasteiger partial charge in [0.15, 0.2) is 5.13 Å². The average Bonchev–Trinajstić information content (AvgIpc) is 3.35. The Morgan fingerprint density at radius 3 is 2.81 bits per heavy atom. The third-order valence-electron chi connectivity index (χ3n) is 4.67. The fourth-order valence-electron chi connectivity index (χ4n) is 3.19. The summed E-state index contributed by atoms with van der Waals surface area (Å²) in [5.74, 6) is 0.671. The number of ether oxygens (including phenoxy) is 1. The molecule has 0 saturated carbocycles.